The highest BCUT2D eigenvalue weighted by Crippen LogP contribution is 2.42. The van der Waals surface area contributed by atoms with Crippen LogP contribution in [0.2, 0.25) is 0 Å². The van der Waals surface area contributed by atoms with Crippen molar-refractivity contribution in [2.24, 2.45) is 5.92 Å². The number of hydrogen-bond donors (Lipinski definition) is 0. The molecule has 2 amide bonds. The Balaban J connectivity index is 1.35. The van der Waals surface area contributed by atoms with Gasteiger partial charge in [-0.15, -0.1) is 0 Å². The van der Waals surface area contributed by atoms with E-state index < -0.39 is 0 Å². The fraction of sp³-hybridized carbons (Fsp3) is 0.680. The zero-order valence-electron chi connectivity index (χ0n) is 19.6. The molecule has 3 aliphatic rings. The average molecular weight is 444 g/mol. The van der Waals surface area contributed by atoms with Crippen molar-refractivity contribution in [1.82, 2.24) is 14.7 Å². The molecule has 0 aromatic heterocycles. The lowest BCUT2D eigenvalue weighted by Gasteiger charge is -2.49. The normalized spacial score (nSPS) is 21.3. The molecule has 176 valence electrons. The van der Waals surface area contributed by atoms with Crippen LogP contribution < -0.4 is 0 Å². The maximum absolute atomic E-state index is 12.5. The molecule has 3 aliphatic heterocycles. The molecule has 0 N–H and O–H groups in total. The van der Waals surface area contributed by atoms with Crippen molar-refractivity contribution >= 4 is 12.2 Å². The first-order valence-corrected chi connectivity index (χ1v) is 12.2. The third kappa shape index (κ3) is 4.87. The number of ether oxygens (including phenoxy) is 2. The molecule has 32 heavy (non-hydrogen) atoms. The summed E-state index contributed by atoms with van der Waals surface area (Å²) in [7, 11) is 0. The molecule has 0 bridgehead atoms. The van der Waals surface area contributed by atoms with E-state index in [1.807, 2.05) is 23.6 Å². The van der Waals surface area contributed by atoms with Gasteiger partial charge in [-0.2, -0.15) is 0 Å². The first kappa shape index (κ1) is 22.9. The molecule has 0 aliphatic carbocycles. The SMILES string of the molecule is CCOC(=O)N1CCC(CN2CCC3(CC2)CN(C(=O)OCC)Cc2ccccc23)CC1. The Morgan fingerprint density at radius 2 is 1.56 bits per heavy atom. The van der Waals surface area contributed by atoms with Crippen LogP contribution in [0.3, 0.4) is 0 Å². The molecule has 0 saturated carbocycles. The zero-order valence-corrected chi connectivity index (χ0v) is 19.6. The Hall–Kier alpha value is -2.28. The largest absolute Gasteiger partial charge is 0.450 e. The van der Waals surface area contributed by atoms with Crippen LogP contribution >= 0.6 is 0 Å². The Kier molecular flexibility index (Phi) is 7.23. The van der Waals surface area contributed by atoms with Crippen molar-refractivity contribution in [3.8, 4) is 0 Å². The van der Waals surface area contributed by atoms with Gasteiger partial charge in [0.1, 0.15) is 0 Å². The third-order valence-corrected chi connectivity index (χ3v) is 7.44. The van der Waals surface area contributed by atoms with Gasteiger partial charge in [0.25, 0.3) is 0 Å². The van der Waals surface area contributed by atoms with Crippen LogP contribution in [0.15, 0.2) is 24.3 Å². The number of nitrogens with zero attached hydrogens (tertiary/aromatic N) is 3. The van der Waals surface area contributed by atoms with Crippen molar-refractivity contribution in [3.63, 3.8) is 0 Å². The van der Waals surface area contributed by atoms with E-state index in [0.29, 0.717) is 25.7 Å². The third-order valence-electron chi connectivity index (χ3n) is 7.44. The molecule has 0 unspecified atom stereocenters. The Morgan fingerprint density at radius 3 is 2.22 bits per heavy atom. The van der Waals surface area contributed by atoms with Gasteiger partial charge in [-0.3, -0.25) is 0 Å². The average Bonchev–Trinajstić information content (AvgIpc) is 2.81. The van der Waals surface area contributed by atoms with Crippen molar-refractivity contribution < 1.29 is 19.1 Å². The first-order valence-electron chi connectivity index (χ1n) is 12.2. The standard InChI is InChI=1S/C25H37N3O4/c1-3-31-23(29)27-13-9-20(10-14-27)17-26-15-11-25(12-16-26)19-28(24(30)32-4-2)18-21-7-5-6-8-22(21)25/h5-8,20H,3-4,9-19H2,1-2H3. The maximum Gasteiger partial charge on any atom is 0.410 e. The monoisotopic (exact) mass is 443 g/mol. The number of likely N-dealkylation sites (tertiary alicyclic amines) is 2. The second-order valence-electron chi connectivity index (χ2n) is 9.42. The lowest BCUT2D eigenvalue weighted by molar-refractivity contribution is 0.0584. The van der Waals surface area contributed by atoms with Gasteiger partial charge in [0, 0.05) is 38.1 Å². The van der Waals surface area contributed by atoms with Crippen LogP contribution in [-0.4, -0.2) is 79.4 Å². The topological polar surface area (TPSA) is 62.3 Å². The molecule has 7 nitrogen and oxygen atoms in total. The van der Waals surface area contributed by atoms with Crippen molar-refractivity contribution in [2.75, 3.05) is 52.5 Å². The van der Waals surface area contributed by atoms with E-state index in [9.17, 15) is 9.59 Å². The Morgan fingerprint density at radius 1 is 0.938 bits per heavy atom. The lowest BCUT2D eigenvalue weighted by atomic mass is 9.69. The highest BCUT2D eigenvalue weighted by atomic mass is 16.6. The van der Waals surface area contributed by atoms with Gasteiger partial charge >= 0.3 is 12.2 Å². The van der Waals surface area contributed by atoms with Crippen LogP contribution in [0.1, 0.15) is 50.7 Å². The number of amides is 2. The number of benzene rings is 1. The summed E-state index contributed by atoms with van der Waals surface area (Å²) < 4.78 is 10.5. The van der Waals surface area contributed by atoms with Crippen LogP contribution in [0.25, 0.3) is 0 Å². The van der Waals surface area contributed by atoms with E-state index >= 15 is 0 Å². The van der Waals surface area contributed by atoms with E-state index in [0.717, 1.165) is 65.0 Å². The van der Waals surface area contributed by atoms with Crippen LogP contribution in [0.5, 0.6) is 0 Å². The number of hydrogen-bond acceptors (Lipinski definition) is 5. The minimum Gasteiger partial charge on any atom is -0.450 e. The van der Waals surface area contributed by atoms with Gasteiger partial charge in [-0.05, 0) is 69.7 Å². The molecule has 1 aromatic rings. The summed E-state index contributed by atoms with van der Waals surface area (Å²) in [5.41, 5.74) is 2.69. The quantitative estimate of drug-likeness (QED) is 0.707. The molecule has 0 radical (unpaired) electrons. The summed E-state index contributed by atoms with van der Waals surface area (Å²) in [6.45, 7) is 10.7. The highest BCUT2D eigenvalue weighted by molar-refractivity contribution is 5.69. The maximum atomic E-state index is 12.5. The fourth-order valence-electron chi connectivity index (χ4n) is 5.70. The van der Waals surface area contributed by atoms with Crippen molar-refractivity contribution in [1.29, 1.82) is 0 Å². The minimum atomic E-state index is -0.197. The van der Waals surface area contributed by atoms with Crippen LogP contribution in [-0.2, 0) is 21.4 Å². The van der Waals surface area contributed by atoms with E-state index in [1.54, 1.807) is 0 Å². The van der Waals surface area contributed by atoms with E-state index in [4.69, 9.17) is 9.47 Å². The summed E-state index contributed by atoms with van der Waals surface area (Å²) >= 11 is 0. The van der Waals surface area contributed by atoms with E-state index in [2.05, 4.69) is 29.2 Å². The smallest absolute Gasteiger partial charge is 0.410 e. The summed E-state index contributed by atoms with van der Waals surface area (Å²) in [6, 6.07) is 8.62. The van der Waals surface area contributed by atoms with Gasteiger partial charge in [0.2, 0.25) is 0 Å². The Bertz CT molecular complexity index is 798. The second-order valence-corrected chi connectivity index (χ2v) is 9.42. The molecule has 1 aromatic carbocycles. The predicted octanol–water partition coefficient (Wildman–Crippen LogP) is 3.86. The summed E-state index contributed by atoms with van der Waals surface area (Å²) in [6.07, 6.45) is 3.83. The number of carbonyl (C=O) groups excluding carboxylic acids is 2. The van der Waals surface area contributed by atoms with E-state index in [-0.39, 0.29) is 17.6 Å². The predicted molar refractivity (Wildman–Crippen MR) is 123 cm³/mol. The van der Waals surface area contributed by atoms with Gasteiger partial charge in [-0.1, -0.05) is 24.3 Å². The summed E-state index contributed by atoms with van der Waals surface area (Å²) in [5.74, 6) is 0.629. The molecule has 7 heteroatoms. The second kappa shape index (κ2) is 10.1. The fourth-order valence-corrected chi connectivity index (χ4v) is 5.70. The lowest BCUT2D eigenvalue weighted by Crippen LogP contribution is -2.54. The molecule has 3 heterocycles. The van der Waals surface area contributed by atoms with Gasteiger partial charge in [-0.25, -0.2) is 9.59 Å². The van der Waals surface area contributed by atoms with Gasteiger partial charge in [0.05, 0.1) is 13.2 Å². The van der Waals surface area contributed by atoms with Crippen LogP contribution in [0, 0.1) is 5.92 Å². The molecule has 4 rings (SSSR count). The zero-order chi connectivity index (χ0) is 22.6. The van der Waals surface area contributed by atoms with Crippen molar-refractivity contribution in [2.45, 2.75) is 51.5 Å². The highest BCUT2D eigenvalue weighted by Gasteiger charge is 2.43. The molecule has 2 saturated heterocycles. The molecule has 0 atom stereocenters. The Labute approximate surface area is 191 Å². The molecule has 2 fully saturated rings. The van der Waals surface area contributed by atoms with E-state index in [1.165, 1.54) is 11.1 Å². The van der Waals surface area contributed by atoms with Gasteiger partial charge < -0.3 is 24.2 Å². The number of piperidine rings is 2. The summed E-state index contributed by atoms with van der Waals surface area (Å²) in [4.78, 5) is 30.8. The number of fused-ring (bicyclic) bond motifs is 2. The van der Waals surface area contributed by atoms with Gasteiger partial charge in [0.15, 0.2) is 0 Å². The number of carbonyl (C=O) groups is 2. The summed E-state index contributed by atoms with van der Waals surface area (Å²) in [5, 5.41) is 0. The number of rotatable bonds is 4. The van der Waals surface area contributed by atoms with Crippen LogP contribution in [0.4, 0.5) is 9.59 Å². The first-order chi connectivity index (χ1) is 15.5. The molecular weight excluding hydrogens is 406 g/mol. The minimum absolute atomic E-state index is 0.0192. The molecular formula is C25H37N3O4. The van der Waals surface area contributed by atoms with Crippen molar-refractivity contribution in [3.05, 3.63) is 35.4 Å². The molecule has 1 spiro atoms.